The molecule has 1 aromatic carbocycles. The van der Waals surface area contributed by atoms with Crippen LogP contribution in [0, 0.1) is 0 Å². The molecule has 0 amide bonds. The van der Waals surface area contributed by atoms with E-state index in [1.807, 2.05) is 0 Å². The van der Waals surface area contributed by atoms with Gasteiger partial charge in [-0.15, -0.1) is 0 Å². The number of benzene rings is 1. The molecule has 1 atom stereocenters. The molecule has 98 valence electrons. The molecule has 3 heteroatoms. The van der Waals surface area contributed by atoms with Crippen molar-refractivity contribution >= 4 is 5.84 Å². The van der Waals surface area contributed by atoms with Crippen molar-refractivity contribution in [1.82, 2.24) is 5.32 Å². The number of nitrogens with one attached hydrogen (secondary N) is 1. The number of hydrogen-bond acceptors (Lipinski definition) is 3. The lowest BCUT2D eigenvalue weighted by Gasteiger charge is -2.20. The molecule has 0 aliphatic carbocycles. The summed E-state index contributed by atoms with van der Waals surface area (Å²) in [6.07, 6.45) is 2.00. The van der Waals surface area contributed by atoms with E-state index in [0.29, 0.717) is 0 Å². The normalized spacial score (nSPS) is 16.1. The van der Waals surface area contributed by atoms with Gasteiger partial charge in [-0.3, -0.25) is 4.99 Å². The van der Waals surface area contributed by atoms with Gasteiger partial charge in [-0.1, -0.05) is 32.0 Å². The molecule has 1 aliphatic heterocycles. The monoisotopic (exact) mass is 246 g/mol. The molecule has 1 N–H and O–H groups in total. The molecule has 0 saturated heterocycles. The minimum Gasteiger partial charge on any atom is -0.482 e. The molecule has 0 saturated carbocycles. The number of rotatable bonds is 5. The molecule has 0 radical (unpaired) electrons. The molecule has 2 rings (SSSR count). The van der Waals surface area contributed by atoms with Crippen molar-refractivity contribution in [3.63, 3.8) is 0 Å². The van der Waals surface area contributed by atoms with Crippen LogP contribution >= 0.6 is 0 Å². The lowest BCUT2D eigenvalue weighted by atomic mass is 10.0. The van der Waals surface area contributed by atoms with E-state index in [9.17, 15) is 0 Å². The standard InChI is InChI=1S/C15H22N2O/c1-4-12-7-6-8-13(5-2)14(12)18-11(3)15-16-9-10-17-15/h6-8,11H,4-5,9-10H2,1-3H3,(H,16,17)/t11-/m0/s1. The van der Waals surface area contributed by atoms with Crippen LogP contribution in [0.25, 0.3) is 0 Å². The second-order valence-corrected chi connectivity index (χ2v) is 4.57. The fraction of sp³-hybridized carbons (Fsp3) is 0.533. The van der Waals surface area contributed by atoms with Crippen molar-refractivity contribution in [2.75, 3.05) is 13.1 Å². The fourth-order valence-electron chi connectivity index (χ4n) is 2.27. The number of amidine groups is 1. The molecule has 0 unspecified atom stereocenters. The van der Waals surface area contributed by atoms with Gasteiger partial charge in [0.25, 0.3) is 0 Å². The molecule has 1 aliphatic rings. The van der Waals surface area contributed by atoms with Crippen LogP contribution in [-0.2, 0) is 12.8 Å². The topological polar surface area (TPSA) is 33.6 Å². The number of aliphatic imine (C=N–C) groups is 1. The average Bonchev–Trinajstić information content (AvgIpc) is 2.93. The van der Waals surface area contributed by atoms with Crippen LogP contribution in [0.1, 0.15) is 31.9 Å². The van der Waals surface area contributed by atoms with E-state index in [1.54, 1.807) is 0 Å². The van der Waals surface area contributed by atoms with Crippen LogP contribution in [0.4, 0.5) is 0 Å². The van der Waals surface area contributed by atoms with Gasteiger partial charge in [0.2, 0.25) is 0 Å². The smallest absolute Gasteiger partial charge is 0.152 e. The van der Waals surface area contributed by atoms with E-state index in [-0.39, 0.29) is 6.10 Å². The van der Waals surface area contributed by atoms with Gasteiger partial charge in [0.1, 0.15) is 11.6 Å². The summed E-state index contributed by atoms with van der Waals surface area (Å²) in [6, 6.07) is 6.40. The lowest BCUT2D eigenvalue weighted by Crippen LogP contribution is -2.33. The molecule has 3 nitrogen and oxygen atoms in total. The Morgan fingerprint density at radius 3 is 2.44 bits per heavy atom. The summed E-state index contributed by atoms with van der Waals surface area (Å²) < 4.78 is 6.15. The highest BCUT2D eigenvalue weighted by Crippen LogP contribution is 2.26. The molecule has 1 heterocycles. The molecule has 0 spiro atoms. The Morgan fingerprint density at radius 1 is 1.28 bits per heavy atom. The van der Waals surface area contributed by atoms with Crippen LogP contribution < -0.4 is 10.1 Å². The van der Waals surface area contributed by atoms with E-state index >= 15 is 0 Å². The number of hydrogen-bond donors (Lipinski definition) is 1. The van der Waals surface area contributed by atoms with Crippen LogP contribution in [-0.4, -0.2) is 25.0 Å². The Bertz CT molecular complexity index is 418. The third-order valence-electron chi connectivity index (χ3n) is 3.32. The summed E-state index contributed by atoms with van der Waals surface area (Å²) in [7, 11) is 0. The van der Waals surface area contributed by atoms with Gasteiger partial charge in [0, 0.05) is 6.54 Å². The van der Waals surface area contributed by atoms with E-state index in [2.05, 4.69) is 49.3 Å². The van der Waals surface area contributed by atoms with Gasteiger partial charge < -0.3 is 10.1 Å². The molecular weight excluding hydrogens is 224 g/mol. The van der Waals surface area contributed by atoms with Crippen molar-refractivity contribution in [3.05, 3.63) is 29.3 Å². The van der Waals surface area contributed by atoms with Crippen LogP contribution in [0.2, 0.25) is 0 Å². The Morgan fingerprint density at radius 2 is 1.94 bits per heavy atom. The zero-order chi connectivity index (χ0) is 13.0. The van der Waals surface area contributed by atoms with Crippen LogP contribution in [0.15, 0.2) is 23.2 Å². The molecule has 0 bridgehead atoms. The van der Waals surface area contributed by atoms with Crippen LogP contribution in [0.5, 0.6) is 5.75 Å². The largest absolute Gasteiger partial charge is 0.482 e. The van der Waals surface area contributed by atoms with Crippen molar-refractivity contribution in [2.45, 2.75) is 39.7 Å². The molecule has 18 heavy (non-hydrogen) atoms. The number of aryl methyl sites for hydroxylation is 2. The van der Waals surface area contributed by atoms with E-state index in [1.165, 1.54) is 11.1 Å². The van der Waals surface area contributed by atoms with Gasteiger partial charge in [-0.25, -0.2) is 0 Å². The summed E-state index contributed by atoms with van der Waals surface area (Å²) in [5.41, 5.74) is 2.56. The van der Waals surface area contributed by atoms with Crippen LogP contribution in [0.3, 0.4) is 0 Å². The SMILES string of the molecule is CCc1cccc(CC)c1O[C@@H](C)C1=NCCN1. The van der Waals surface area contributed by atoms with E-state index in [4.69, 9.17) is 4.74 Å². The van der Waals surface area contributed by atoms with Crippen molar-refractivity contribution in [1.29, 1.82) is 0 Å². The predicted octanol–water partition coefficient (Wildman–Crippen LogP) is 2.58. The predicted molar refractivity (Wildman–Crippen MR) is 75.6 cm³/mol. The fourth-order valence-corrected chi connectivity index (χ4v) is 2.27. The zero-order valence-corrected chi connectivity index (χ0v) is 11.5. The molecule has 1 aromatic rings. The maximum atomic E-state index is 6.15. The van der Waals surface area contributed by atoms with Gasteiger partial charge in [0.15, 0.2) is 6.10 Å². The van der Waals surface area contributed by atoms with Gasteiger partial charge in [-0.05, 0) is 30.9 Å². The van der Waals surface area contributed by atoms with E-state index in [0.717, 1.165) is 37.5 Å². The Hall–Kier alpha value is -1.51. The minimum absolute atomic E-state index is 0.00509. The first-order valence-corrected chi connectivity index (χ1v) is 6.81. The summed E-state index contributed by atoms with van der Waals surface area (Å²) in [4.78, 5) is 4.42. The maximum Gasteiger partial charge on any atom is 0.152 e. The summed E-state index contributed by atoms with van der Waals surface area (Å²) in [5.74, 6) is 2.02. The van der Waals surface area contributed by atoms with Gasteiger partial charge in [0.05, 0.1) is 6.54 Å². The number of ether oxygens (including phenoxy) is 1. The Balaban J connectivity index is 2.21. The molecular formula is C15H22N2O. The molecule has 0 aromatic heterocycles. The first-order valence-electron chi connectivity index (χ1n) is 6.81. The summed E-state index contributed by atoms with van der Waals surface area (Å²) in [5, 5.41) is 3.28. The average molecular weight is 246 g/mol. The van der Waals surface area contributed by atoms with E-state index < -0.39 is 0 Å². The molecule has 0 fully saturated rings. The highest BCUT2D eigenvalue weighted by Gasteiger charge is 2.18. The highest BCUT2D eigenvalue weighted by molar-refractivity contribution is 5.87. The Labute approximate surface area is 109 Å². The second kappa shape index (κ2) is 5.89. The summed E-state index contributed by atoms with van der Waals surface area (Å²) in [6.45, 7) is 8.18. The number of nitrogens with zero attached hydrogens (tertiary/aromatic N) is 1. The number of para-hydroxylation sites is 1. The highest BCUT2D eigenvalue weighted by atomic mass is 16.5. The summed E-state index contributed by atoms with van der Waals surface area (Å²) >= 11 is 0. The third kappa shape index (κ3) is 2.66. The van der Waals surface area contributed by atoms with Crippen molar-refractivity contribution in [3.8, 4) is 5.75 Å². The minimum atomic E-state index is 0.00509. The first kappa shape index (κ1) is 12.9. The Kier molecular flexibility index (Phi) is 4.24. The maximum absolute atomic E-state index is 6.15. The van der Waals surface area contributed by atoms with Gasteiger partial charge >= 0.3 is 0 Å². The van der Waals surface area contributed by atoms with Crippen molar-refractivity contribution in [2.24, 2.45) is 4.99 Å². The van der Waals surface area contributed by atoms with Gasteiger partial charge in [-0.2, -0.15) is 0 Å². The second-order valence-electron chi connectivity index (χ2n) is 4.57. The quantitative estimate of drug-likeness (QED) is 0.866. The third-order valence-corrected chi connectivity index (χ3v) is 3.32. The lowest BCUT2D eigenvalue weighted by molar-refractivity contribution is 0.278. The first-order chi connectivity index (χ1) is 8.76. The van der Waals surface area contributed by atoms with Crippen molar-refractivity contribution < 1.29 is 4.74 Å². The zero-order valence-electron chi connectivity index (χ0n) is 11.5.